The molecule has 0 atom stereocenters. The van der Waals surface area contributed by atoms with Crippen molar-refractivity contribution in [3.05, 3.63) is 101 Å². The van der Waals surface area contributed by atoms with Crippen molar-refractivity contribution in [2.45, 2.75) is 19.4 Å². The second-order valence-electron chi connectivity index (χ2n) is 7.81. The van der Waals surface area contributed by atoms with E-state index >= 15 is 0 Å². The fourth-order valence-electron chi connectivity index (χ4n) is 3.85. The number of pyridine rings is 1. The number of benzene rings is 2. The Balaban J connectivity index is 1.43. The Morgan fingerprint density at radius 3 is 2.38 bits per heavy atom. The highest BCUT2D eigenvalue weighted by atomic mass is 19.1. The van der Waals surface area contributed by atoms with Crippen molar-refractivity contribution in [1.29, 1.82) is 0 Å². The number of nitrogens with zero attached hydrogens (tertiary/aromatic N) is 3. The van der Waals surface area contributed by atoms with Crippen LogP contribution in [0.1, 0.15) is 28.8 Å². The number of hydrogen-bond donors (Lipinski definition) is 0. The zero-order valence-corrected chi connectivity index (χ0v) is 17.5. The minimum absolute atomic E-state index is 0.160. The van der Waals surface area contributed by atoms with E-state index in [2.05, 4.69) is 4.99 Å². The van der Waals surface area contributed by atoms with Gasteiger partial charge in [0.25, 0.3) is 11.8 Å². The van der Waals surface area contributed by atoms with E-state index in [4.69, 9.17) is 0 Å². The van der Waals surface area contributed by atoms with Gasteiger partial charge in [-0.3, -0.25) is 9.59 Å². The summed E-state index contributed by atoms with van der Waals surface area (Å²) in [5.74, 6) is -2.62. The molecule has 1 aliphatic rings. The molecule has 0 N–H and O–H groups in total. The number of hydrogen-bond acceptors (Lipinski definition) is 2. The topological polar surface area (TPSA) is 54.7 Å². The van der Waals surface area contributed by atoms with E-state index < -0.39 is 17.5 Å². The monoisotopic (exact) mass is 435 g/mol. The van der Waals surface area contributed by atoms with Gasteiger partial charge in [0, 0.05) is 37.8 Å². The van der Waals surface area contributed by atoms with Gasteiger partial charge in [-0.05, 0) is 42.7 Å². The fraction of sp³-hybridized carbons (Fsp3) is 0.240. The highest BCUT2D eigenvalue weighted by Gasteiger charge is 2.28. The molecule has 1 saturated heterocycles. The van der Waals surface area contributed by atoms with Crippen molar-refractivity contribution >= 4 is 11.8 Å². The molecule has 5 nitrogen and oxygen atoms in total. The summed E-state index contributed by atoms with van der Waals surface area (Å²) in [6.45, 7) is 1.24. The summed E-state index contributed by atoms with van der Waals surface area (Å²) in [5, 5.41) is 0. The van der Waals surface area contributed by atoms with Crippen LogP contribution in [0.2, 0.25) is 0 Å². The van der Waals surface area contributed by atoms with Crippen LogP contribution in [-0.4, -0.2) is 34.4 Å². The first kappa shape index (κ1) is 21.6. The molecule has 2 amide bonds. The van der Waals surface area contributed by atoms with Crippen molar-refractivity contribution < 1.29 is 18.4 Å². The molecular formula is C25H23F2N3O2. The third-order valence-corrected chi connectivity index (χ3v) is 5.63. The van der Waals surface area contributed by atoms with E-state index in [0.717, 1.165) is 17.7 Å². The number of rotatable bonds is 4. The highest BCUT2D eigenvalue weighted by Crippen LogP contribution is 2.21. The SMILES string of the molecule is O=C(N=c1ccccn1Cc1ccccc1)C1CCN(C(=O)c2ccc(F)cc2F)CC1. The first-order chi connectivity index (χ1) is 15.5. The Bertz CT molecular complexity index is 1180. The van der Waals surface area contributed by atoms with Crippen LogP contribution >= 0.6 is 0 Å². The molecule has 0 aliphatic carbocycles. The number of piperidine rings is 1. The molecule has 164 valence electrons. The normalized spacial score (nSPS) is 15.1. The molecule has 7 heteroatoms. The van der Waals surface area contributed by atoms with Crippen molar-refractivity contribution in [3.63, 3.8) is 0 Å². The lowest BCUT2D eigenvalue weighted by Gasteiger charge is -2.30. The van der Waals surface area contributed by atoms with Crippen LogP contribution in [0.5, 0.6) is 0 Å². The van der Waals surface area contributed by atoms with Crippen LogP contribution in [0, 0.1) is 17.6 Å². The van der Waals surface area contributed by atoms with Gasteiger partial charge in [-0.2, -0.15) is 4.99 Å². The third kappa shape index (κ3) is 4.99. The van der Waals surface area contributed by atoms with Gasteiger partial charge < -0.3 is 9.47 Å². The highest BCUT2D eigenvalue weighted by molar-refractivity contribution is 5.94. The van der Waals surface area contributed by atoms with E-state index in [1.165, 1.54) is 4.90 Å². The van der Waals surface area contributed by atoms with Gasteiger partial charge in [0.2, 0.25) is 0 Å². The molecular weight excluding hydrogens is 412 g/mol. The Morgan fingerprint density at radius 1 is 0.938 bits per heavy atom. The summed E-state index contributed by atoms with van der Waals surface area (Å²) in [7, 11) is 0. The Hall–Kier alpha value is -3.61. The maximum atomic E-state index is 13.9. The molecule has 3 aromatic rings. The van der Waals surface area contributed by atoms with Gasteiger partial charge in [0.05, 0.1) is 5.56 Å². The molecule has 32 heavy (non-hydrogen) atoms. The van der Waals surface area contributed by atoms with Crippen LogP contribution in [0.4, 0.5) is 8.78 Å². The van der Waals surface area contributed by atoms with Gasteiger partial charge >= 0.3 is 0 Å². The Morgan fingerprint density at radius 2 is 1.66 bits per heavy atom. The third-order valence-electron chi connectivity index (χ3n) is 5.63. The minimum Gasteiger partial charge on any atom is -0.339 e. The summed E-state index contributed by atoms with van der Waals surface area (Å²) < 4.78 is 29.0. The molecule has 0 bridgehead atoms. The number of halogens is 2. The quantitative estimate of drug-likeness (QED) is 0.626. The van der Waals surface area contributed by atoms with Crippen LogP contribution in [-0.2, 0) is 11.3 Å². The largest absolute Gasteiger partial charge is 0.339 e. The summed E-state index contributed by atoms with van der Waals surface area (Å²) in [6, 6.07) is 18.4. The second kappa shape index (κ2) is 9.68. The van der Waals surface area contributed by atoms with E-state index in [1.54, 1.807) is 6.07 Å². The summed E-state index contributed by atoms with van der Waals surface area (Å²) in [4.78, 5) is 31.2. The predicted molar refractivity (Wildman–Crippen MR) is 116 cm³/mol. The lowest BCUT2D eigenvalue weighted by atomic mass is 9.95. The maximum absolute atomic E-state index is 13.9. The van der Waals surface area contributed by atoms with Crippen LogP contribution in [0.15, 0.2) is 77.9 Å². The lowest BCUT2D eigenvalue weighted by Crippen LogP contribution is -2.40. The Labute approximate surface area is 184 Å². The summed E-state index contributed by atoms with van der Waals surface area (Å²) in [6.07, 6.45) is 2.78. The maximum Gasteiger partial charge on any atom is 0.256 e. The van der Waals surface area contributed by atoms with E-state index in [0.29, 0.717) is 44.0 Å². The van der Waals surface area contributed by atoms with Gasteiger partial charge in [-0.15, -0.1) is 0 Å². The van der Waals surface area contributed by atoms with E-state index in [9.17, 15) is 18.4 Å². The van der Waals surface area contributed by atoms with Crippen molar-refractivity contribution in [3.8, 4) is 0 Å². The number of carbonyl (C=O) groups excluding carboxylic acids is 2. The Kier molecular flexibility index (Phi) is 6.54. The van der Waals surface area contributed by atoms with Crippen molar-refractivity contribution in [2.75, 3.05) is 13.1 Å². The molecule has 0 unspecified atom stereocenters. The molecule has 2 aromatic carbocycles. The molecule has 0 spiro atoms. The van der Waals surface area contributed by atoms with Gasteiger partial charge in [-0.1, -0.05) is 36.4 Å². The van der Waals surface area contributed by atoms with Crippen molar-refractivity contribution in [2.24, 2.45) is 10.9 Å². The zero-order valence-electron chi connectivity index (χ0n) is 17.5. The summed E-state index contributed by atoms with van der Waals surface area (Å²) in [5.41, 5.74) is 1.52. The van der Waals surface area contributed by atoms with Gasteiger partial charge in [0.15, 0.2) is 0 Å². The molecule has 4 rings (SSSR count). The average molecular weight is 435 g/mol. The standard InChI is InChI=1S/C25H23F2N3O2/c26-20-9-10-21(22(27)16-20)25(32)29-14-11-19(12-15-29)24(31)28-23-8-4-5-13-30(23)17-18-6-2-1-3-7-18/h1-10,13,16,19H,11-12,14-15,17H2. The smallest absolute Gasteiger partial charge is 0.256 e. The van der Waals surface area contributed by atoms with Gasteiger partial charge in [-0.25, -0.2) is 8.78 Å². The first-order valence-corrected chi connectivity index (χ1v) is 10.5. The number of carbonyl (C=O) groups is 2. The lowest BCUT2D eigenvalue weighted by molar-refractivity contribution is -0.123. The second-order valence-corrected chi connectivity index (χ2v) is 7.81. The van der Waals surface area contributed by atoms with Gasteiger partial charge in [0.1, 0.15) is 17.1 Å². The molecule has 1 aromatic heterocycles. The first-order valence-electron chi connectivity index (χ1n) is 10.5. The number of likely N-dealkylation sites (tertiary alicyclic amines) is 1. The average Bonchev–Trinajstić information content (AvgIpc) is 2.81. The van der Waals surface area contributed by atoms with E-state index in [-0.39, 0.29) is 17.4 Å². The van der Waals surface area contributed by atoms with Crippen LogP contribution in [0.3, 0.4) is 0 Å². The van der Waals surface area contributed by atoms with Crippen molar-refractivity contribution in [1.82, 2.24) is 9.47 Å². The molecule has 0 saturated carbocycles. The molecule has 0 radical (unpaired) electrons. The molecule has 1 aliphatic heterocycles. The van der Waals surface area contributed by atoms with Crippen LogP contribution < -0.4 is 5.49 Å². The zero-order chi connectivity index (χ0) is 22.5. The molecule has 1 fully saturated rings. The van der Waals surface area contributed by atoms with Crippen LogP contribution in [0.25, 0.3) is 0 Å². The number of amides is 2. The number of aromatic nitrogens is 1. The fourth-order valence-corrected chi connectivity index (χ4v) is 3.85. The minimum atomic E-state index is -0.879. The molecule has 2 heterocycles. The van der Waals surface area contributed by atoms with E-state index in [1.807, 2.05) is 53.2 Å². The summed E-state index contributed by atoms with van der Waals surface area (Å²) >= 11 is 0. The predicted octanol–water partition coefficient (Wildman–Crippen LogP) is 3.79.